The van der Waals surface area contributed by atoms with Gasteiger partial charge in [0.25, 0.3) is 5.91 Å². The molecule has 0 unspecified atom stereocenters. The summed E-state index contributed by atoms with van der Waals surface area (Å²) < 4.78 is 6.70. The zero-order valence-electron chi connectivity index (χ0n) is 8.77. The number of aromatic nitrogens is 2. The maximum atomic E-state index is 11.4. The van der Waals surface area contributed by atoms with Gasteiger partial charge in [-0.25, -0.2) is 0 Å². The number of nitrogens with two attached hydrogens (primary N) is 1. The summed E-state index contributed by atoms with van der Waals surface area (Å²) in [7, 11) is 1.77. The van der Waals surface area contributed by atoms with Crippen molar-refractivity contribution in [1.82, 2.24) is 15.1 Å². The van der Waals surface area contributed by atoms with Crippen molar-refractivity contribution in [2.24, 2.45) is 12.8 Å². The van der Waals surface area contributed by atoms with E-state index < -0.39 is 0 Å². The number of rotatable bonds is 6. The van der Waals surface area contributed by atoms with E-state index in [4.69, 9.17) is 10.5 Å². The zero-order chi connectivity index (χ0) is 11.1. The number of nitrogens with zero attached hydrogens (tertiary/aromatic N) is 2. The first-order valence-electron chi connectivity index (χ1n) is 4.78. The van der Waals surface area contributed by atoms with Gasteiger partial charge in [-0.3, -0.25) is 9.48 Å². The molecule has 0 saturated heterocycles. The molecule has 1 amide bonds. The van der Waals surface area contributed by atoms with Gasteiger partial charge in [-0.1, -0.05) is 0 Å². The van der Waals surface area contributed by atoms with Crippen LogP contribution in [0.1, 0.15) is 10.4 Å². The van der Waals surface area contributed by atoms with Crippen molar-refractivity contribution in [1.29, 1.82) is 0 Å². The molecule has 1 aromatic heterocycles. The number of aryl methyl sites for hydroxylation is 1. The molecule has 0 aromatic carbocycles. The second kappa shape index (κ2) is 6.15. The molecule has 0 atom stereocenters. The van der Waals surface area contributed by atoms with Crippen LogP contribution in [-0.4, -0.2) is 42.0 Å². The molecular weight excluding hydrogens is 196 g/mol. The average molecular weight is 212 g/mol. The van der Waals surface area contributed by atoms with Crippen LogP contribution in [0.4, 0.5) is 0 Å². The van der Waals surface area contributed by atoms with Crippen LogP contribution in [-0.2, 0) is 11.8 Å². The quantitative estimate of drug-likeness (QED) is 0.600. The Hall–Kier alpha value is -1.40. The highest BCUT2D eigenvalue weighted by Gasteiger charge is 2.05. The van der Waals surface area contributed by atoms with E-state index in [0.29, 0.717) is 31.9 Å². The molecule has 1 heterocycles. The van der Waals surface area contributed by atoms with Crippen molar-refractivity contribution >= 4 is 5.91 Å². The summed E-state index contributed by atoms with van der Waals surface area (Å²) in [6.07, 6.45) is 3.19. The van der Waals surface area contributed by atoms with Crippen LogP contribution in [0.2, 0.25) is 0 Å². The summed E-state index contributed by atoms with van der Waals surface area (Å²) in [6, 6.07) is 0. The molecule has 3 N–H and O–H groups in total. The summed E-state index contributed by atoms with van der Waals surface area (Å²) in [5.41, 5.74) is 5.79. The summed E-state index contributed by atoms with van der Waals surface area (Å²) in [5.74, 6) is -0.139. The minimum absolute atomic E-state index is 0.139. The lowest BCUT2D eigenvalue weighted by Gasteiger charge is -2.03. The summed E-state index contributed by atoms with van der Waals surface area (Å²) >= 11 is 0. The van der Waals surface area contributed by atoms with Crippen LogP contribution in [0.15, 0.2) is 12.4 Å². The topological polar surface area (TPSA) is 82.2 Å². The Bertz CT molecular complexity index is 311. The van der Waals surface area contributed by atoms with Gasteiger partial charge < -0.3 is 15.8 Å². The highest BCUT2D eigenvalue weighted by molar-refractivity contribution is 5.93. The van der Waals surface area contributed by atoms with Crippen LogP contribution in [0.25, 0.3) is 0 Å². The second-order valence-electron chi connectivity index (χ2n) is 3.06. The van der Waals surface area contributed by atoms with Crippen LogP contribution >= 0.6 is 0 Å². The van der Waals surface area contributed by atoms with E-state index in [9.17, 15) is 4.79 Å². The number of ether oxygens (including phenoxy) is 1. The maximum absolute atomic E-state index is 11.4. The standard InChI is InChI=1S/C9H16N4O2/c1-13-7-8(6-12-13)9(14)11-3-5-15-4-2-10/h6-7H,2-5,10H2,1H3,(H,11,14). The second-order valence-corrected chi connectivity index (χ2v) is 3.06. The molecule has 0 radical (unpaired) electrons. The molecule has 6 heteroatoms. The van der Waals surface area contributed by atoms with Gasteiger partial charge >= 0.3 is 0 Å². The average Bonchev–Trinajstić information content (AvgIpc) is 2.64. The first-order valence-corrected chi connectivity index (χ1v) is 4.78. The van der Waals surface area contributed by atoms with Gasteiger partial charge in [0.15, 0.2) is 0 Å². The van der Waals surface area contributed by atoms with Crippen molar-refractivity contribution in [2.45, 2.75) is 0 Å². The fourth-order valence-corrected chi connectivity index (χ4v) is 1.06. The highest BCUT2D eigenvalue weighted by atomic mass is 16.5. The maximum Gasteiger partial charge on any atom is 0.254 e. The number of hydrogen-bond donors (Lipinski definition) is 2. The van der Waals surface area contributed by atoms with Gasteiger partial charge in [0.2, 0.25) is 0 Å². The number of amides is 1. The Morgan fingerprint density at radius 3 is 3.07 bits per heavy atom. The van der Waals surface area contributed by atoms with Crippen molar-refractivity contribution in [2.75, 3.05) is 26.3 Å². The van der Waals surface area contributed by atoms with E-state index in [-0.39, 0.29) is 5.91 Å². The molecule has 1 rings (SSSR count). The van der Waals surface area contributed by atoms with Gasteiger partial charge in [-0.2, -0.15) is 5.10 Å². The molecule has 6 nitrogen and oxygen atoms in total. The van der Waals surface area contributed by atoms with Crippen LogP contribution in [0, 0.1) is 0 Å². The normalized spacial score (nSPS) is 10.3. The zero-order valence-corrected chi connectivity index (χ0v) is 8.77. The Labute approximate surface area is 88.4 Å². The lowest BCUT2D eigenvalue weighted by molar-refractivity contribution is 0.0920. The summed E-state index contributed by atoms with van der Waals surface area (Å²) in [6.45, 7) is 1.97. The molecular formula is C9H16N4O2. The molecule has 0 bridgehead atoms. The van der Waals surface area contributed by atoms with Crippen LogP contribution in [0.3, 0.4) is 0 Å². The van der Waals surface area contributed by atoms with Crippen molar-refractivity contribution in [3.05, 3.63) is 18.0 Å². The van der Waals surface area contributed by atoms with Crippen molar-refractivity contribution in [3.63, 3.8) is 0 Å². The molecule has 0 aliphatic carbocycles. The minimum Gasteiger partial charge on any atom is -0.378 e. The third kappa shape index (κ3) is 4.09. The summed E-state index contributed by atoms with van der Waals surface area (Å²) in [4.78, 5) is 11.4. The van der Waals surface area contributed by atoms with E-state index in [2.05, 4.69) is 10.4 Å². The Balaban J connectivity index is 2.19. The largest absolute Gasteiger partial charge is 0.378 e. The molecule has 0 spiro atoms. The van der Waals surface area contributed by atoms with Crippen LogP contribution < -0.4 is 11.1 Å². The third-order valence-electron chi connectivity index (χ3n) is 1.76. The van der Waals surface area contributed by atoms with Crippen LogP contribution in [0.5, 0.6) is 0 Å². The van der Waals surface area contributed by atoms with E-state index in [1.165, 1.54) is 6.20 Å². The SMILES string of the molecule is Cn1cc(C(=O)NCCOCCN)cn1. The lowest BCUT2D eigenvalue weighted by atomic mass is 10.3. The molecule has 0 aliphatic heterocycles. The van der Waals surface area contributed by atoms with Gasteiger partial charge in [-0.15, -0.1) is 0 Å². The van der Waals surface area contributed by atoms with E-state index >= 15 is 0 Å². The number of hydrogen-bond acceptors (Lipinski definition) is 4. The third-order valence-corrected chi connectivity index (χ3v) is 1.76. The Morgan fingerprint density at radius 1 is 1.67 bits per heavy atom. The monoisotopic (exact) mass is 212 g/mol. The summed E-state index contributed by atoms with van der Waals surface area (Å²) in [5, 5.41) is 6.62. The van der Waals surface area contributed by atoms with Crippen molar-refractivity contribution < 1.29 is 9.53 Å². The molecule has 0 aliphatic rings. The molecule has 84 valence electrons. The predicted molar refractivity (Wildman–Crippen MR) is 55.4 cm³/mol. The molecule has 0 fully saturated rings. The first-order chi connectivity index (χ1) is 7.24. The predicted octanol–water partition coefficient (Wildman–Crippen LogP) is -0.875. The van der Waals surface area contributed by atoms with E-state index in [1.54, 1.807) is 17.9 Å². The first kappa shape index (κ1) is 11.7. The smallest absolute Gasteiger partial charge is 0.254 e. The van der Waals surface area contributed by atoms with E-state index in [1.807, 2.05) is 0 Å². The van der Waals surface area contributed by atoms with Gasteiger partial charge in [-0.05, 0) is 0 Å². The number of nitrogens with one attached hydrogen (secondary N) is 1. The van der Waals surface area contributed by atoms with Crippen molar-refractivity contribution in [3.8, 4) is 0 Å². The van der Waals surface area contributed by atoms with Gasteiger partial charge in [0.1, 0.15) is 0 Å². The van der Waals surface area contributed by atoms with Gasteiger partial charge in [0, 0.05) is 26.3 Å². The van der Waals surface area contributed by atoms with E-state index in [0.717, 1.165) is 0 Å². The minimum atomic E-state index is -0.139. The Morgan fingerprint density at radius 2 is 2.47 bits per heavy atom. The lowest BCUT2D eigenvalue weighted by Crippen LogP contribution is -2.27. The fourth-order valence-electron chi connectivity index (χ4n) is 1.06. The Kier molecular flexibility index (Phi) is 4.79. The fraction of sp³-hybridized carbons (Fsp3) is 0.556. The molecule has 15 heavy (non-hydrogen) atoms. The number of carbonyl (C=O) groups is 1. The molecule has 1 aromatic rings. The van der Waals surface area contributed by atoms with Gasteiger partial charge in [0.05, 0.1) is 25.0 Å². The molecule has 0 saturated carbocycles. The highest BCUT2D eigenvalue weighted by Crippen LogP contribution is 1.94. The number of carbonyl (C=O) groups excluding carboxylic acids is 1.